The fourth-order valence-electron chi connectivity index (χ4n) is 2.29. The molecule has 1 aromatic heterocycles. The number of aromatic nitrogens is 1. The van der Waals surface area contributed by atoms with Gasteiger partial charge in [-0.15, -0.1) is 11.3 Å². The number of nitrogens with zero attached hydrogens (tertiary/aromatic N) is 2. The number of nitrogens with one attached hydrogen (secondary N) is 1. The highest BCUT2D eigenvalue weighted by atomic mass is 32.1. The van der Waals surface area contributed by atoms with Crippen molar-refractivity contribution in [3.8, 4) is 0 Å². The van der Waals surface area contributed by atoms with Crippen LogP contribution in [0, 0.1) is 6.92 Å². The van der Waals surface area contributed by atoms with Crippen molar-refractivity contribution < 1.29 is 9.59 Å². The number of hydrogen-bond acceptors (Lipinski definition) is 4. The molecule has 2 amide bonds. The van der Waals surface area contributed by atoms with Crippen LogP contribution in [0.25, 0.3) is 0 Å². The first kappa shape index (κ1) is 14.0. The van der Waals surface area contributed by atoms with Gasteiger partial charge in [-0.05, 0) is 34.6 Å². The molecule has 1 aliphatic rings. The molecule has 0 aliphatic carbocycles. The largest absolute Gasteiger partial charge is 0.340 e. The highest BCUT2D eigenvalue weighted by Crippen LogP contribution is 2.30. The Morgan fingerprint density at radius 1 is 1.47 bits per heavy atom. The summed E-state index contributed by atoms with van der Waals surface area (Å²) in [6.07, 6.45) is 0. The Kier molecular flexibility index (Phi) is 3.38. The van der Waals surface area contributed by atoms with Crippen LogP contribution in [0.2, 0.25) is 0 Å². The molecule has 2 atom stereocenters. The second kappa shape index (κ2) is 4.59. The van der Waals surface area contributed by atoms with Crippen LogP contribution in [-0.4, -0.2) is 33.3 Å². The Balaban J connectivity index is 2.35. The quantitative estimate of drug-likeness (QED) is 0.896. The van der Waals surface area contributed by atoms with Crippen LogP contribution >= 0.6 is 11.3 Å². The van der Waals surface area contributed by atoms with E-state index in [1.165, 1.54) is 11.3 Å². The molecule has 0 saturated carbocycles. The van der Waals surface area contributed by atoms with E-state index in [2.05, 4.69) is 10.3 Å². The Morgan fingerprint density at radius 2 is 2.11 bits per heavy atom. The van der Waals surface area contributed by atoms with Gasteiger partial charge in [0.25, 0.3) is 0 Å². The molecule has 1 aliphatic heterocycles. The van der Waals surface area contributed by atoms with Crippen molar-refractivity contribution >= 4 is 23.2 Å². The number of amides is 2. The lowest BCUT2D eigenvalue weighted by Crippen LogP contribution is -2.67. The van der Waals surface area contributed by atoms with Crippen LogP contribution < -0.4 is 5.32 Å². The molecular weight excluding hydrogens is 262 g/mol. The summed E-state index contributed by atoms with van der Waals surface area (Å²) in [5.41, 5.74) is 0.0807. The minimum absolute atomic E-state index is 0.0695. The van der Waals surface area contributed by atoms with Crippen LogP contribution in [-0.2, 0) is 9.59 Å². The van der Waals surface area contributed by atoms with E-state index in [4.69, 9.17) is 0 Å². The van der Waals surface area contributed by atoms with Gasteiger partial charge in [0.05, 0.1) is 6.04 Å². The van der Waals surface area contributed by atoms with Gasteiger partial charge in [-0.1, -0.05) is 0 Å². The number of aryl methyl sites for hydroxylation is 1. The number of thiazole rings is 1. The Labute approximate surface area is 117 Å². The number of carbonyl (C=O) groups is 2. The first-order valence-electron chi connectivity index (χ1n) is 6.31. The molecule has 0 spiro atoms. The van der Waals surface area contributed by atoms with Crippen molar-refractivity contribution in [3.63, 3.8) is 0 Å². The van der Waals surface area contributed by atoms with E-state index in [1.54, 1.807) is 25.7 Å². The molecule has 1 N–H and O–H groups in total. The van der Waals surface area contributed by atoms with Gasteiger partial charge in [-0.25, -0.2) is 4.98 Å². The normalized spacial score (nSPS) is 24.3. The van der Waals surface area contributed by atoms with Crippen LogP contribution in [0.15, 0.2) is 5.38 Å². The molecule has 2 rings (SSSR count). The summed E-state index contributed by atoms with van der Waals surface area (Å²) in [4.78, 5) is 30.6. The van der Waals surface area contributed by atoms with Gasteiger partial charge in [0.2, 0.25) is 11.8 Å². The maximum Gasteiger partial charge on any atom is 0.249 e. The molecular formula is C13H19N3O2S. The first-order chi connectivity index (χ1) is 8.74. The zero-order chi connectivity index (χ0) is 14.4. The zero-order valence-corrected chi connectivity index (χ0v) is 12.7. The monoisotopic (exact) mass is 281 g/mol. The SMILES string of the molecule is Cc1csc(C(C)N2C(=O)C(C)(C)NC(=O)C2C)n1. The fraction of sp³-hybridized carbons (Fsp3) is 0.615. The van der Waals surface area contributed by atoms with Crippen molar-refractivity contribution in [1.82, 2.24) is 15.2 Å². The standard InChI is InChI=1S/C13H19N3O2S/c1-7-6-19-11(14-7)9(3)16-8(2)10(17)15-13(4,5)12(16)18/h6,8-9H,1-5H3,(H,15,17). The van der Waals surface area contributed by atoms with Gasteiger partial charge in [-0.2, -0.15) is 0 Å². The number of rotatable bonds is 2. The highest BCUT2D eigenvalue weighted by Gasteiger charge is 2.45. The van der Waals surface area contributed by atoms with Crippen molar-refractivity contribution in [3.05, 3.63) is 16.1 Å². The van der Waals surface area contributed by atoms with Crippen LogP contribution in [0.3, 0.4) is 0 Å². The molecule has 19 heavy (non-hydrogen) atoms. The van der Waals surface area contributed by atoms with Crippen LogP contribution in [0.4, 0.5) is 0 Å². The smallest absolute Gasteiger partial charge is 0.249 e. The second-order valence-corrected chi connectivity index (χ2v) is 6.40. The average Bonchev–Trinajstić information content (AvgIpc) is 2.73. The predicted molar refractivity (Wildman–Crippen MR) is 73.8 cm³/mol. The minimum Gasteiger partial charge on any atom is -0.340 e. The summed E-state index contributed by atoms with van der Waals surface area (Å²) in [6.45, 7) is 9.05. The summed E-state index contributed by atoms with van der Waals surface area (Å²) >= 11 is 1.52. The average molecular weight is 281 g/mol. The lowest BCUT2D eigenvalue weighted by atomic mass is 9.96. The van der Waals surface area contributed by atoms with Crippen LogP contribution in [0.5, 0.6) is 0 Å². The van der Waals surface area contributed by atoms with Gasteiger partial charge in [0, 0.05) is 11.1 Å². The molecule has 2 heterocycles. The van der Waals surface area contributed by atoms with E-state index in [-0.39, 0.29) is 17.9 Å². The third-order valence-electron chi connectivity index (χ3n) is 3.41. The van der Waals surface area contributed by atoms with Crippen molar-refractivity contribution in [1.29, 1.82) is 0 Å². The number of carbonyl (C=O) groups excluding carboxylic acids is 2. The third-order valence-corrected chi connectivity index (χ3v) is 4.55. The lowest BCUT2D eigenvalue weighted by molar-refractivity contribution is -0.155. The molecule has 0 radical (unpaired) electrons. The van der Waals surface area contributed by atoms with Crippen molar-refractivity contribution in [2.75, 3.05) is 0 Å². The summed E-state index contributed by atoms with van der Waals surface area (Å²) in [5, 5.41) is 5.57. The summed E-state index contributed by atoms with van der Waals surface area (Å²) in [7, 11) is 0. The van der Waals surface area contributed by atoms with E-state index < -0.39 is 11.6 Å². The van der Waals surface area contributed by atoms with Gasteiger partial charge < -0.3 is 10.2 Å². The van der Waals surface area contributed by atoms with Crippen molar-refractivity contribution in [2.45, 2.75) is 52.2 Å². The fourth-order valence-corrected chi connectivity index (χ4v) is 3.14. The number of hydrogen-bond donors (Lipinski definition) is 1. The first-order valence-corrected chi connectivity index (χ1v) is 7.19. The summed E-state index contributed by atoms with van der Waals surface area (Å²) in [6, 6.07) is -0.661. The Hall–Kier alpha value is -1.43. The maximum absolute atomic E-state index is 12.5. The highest BCUT2D eigenvalue weighted by molar-refractivity contribution is 7.09. The molecule has 1 fully saturated rings. The minimum atomic E-state index is -0.857. The summed E-state index contributed by atoms with van der Waals surface area (Å²) in [5.74, 6) is -0.190. The van der Waals surface area contributed by atoms with Gasteiger partial charge in [-0.3, -0.25) is 9.59 Å². The molecule has 6 heteroatoms. The Morgan fingerprint density at radius 3 is 2.63 bits per heavy atom. The molecule has 0 bridgehead atoms. The van der Waals surface area contributed by atoms with Crippen LogP contribution in [0.1, 0.15) is 44.4 Å². The lowest BCUT2D eigenvalue weighted by Gasteiger charge is -2.43. The maximum atomic E-state index is 12.5. The third kappa shape index (κ3) is 2.36. The molecule has 1 aromatic rings. The molecule has 0 aromatic carbocycles. The van der Waals surface area contributed by atoms with Gasteiger partial charge >= 0.3 is 0 Å². The van der Waals surface area contributed by atoms with E-state index in [0.29, 0.717) is 0 Å². The molecule has 104 valence electrons. The molecule has 2 unspecified atom stereocenters. The predicted octanol–water partition coefficient (Wildman–Crippen LogP) is 1.64. The van der Waals surface area contributed by atoms with E-state index in [0.717, 1.165) is 10.7 Å². The number of piperazine rings is 1. The van der Waals surface area contributed by atoms with Gasteiger partial charge in [0.15, 0.2) is 0 Å². The van der Waals surface area contributed by atoms with Gasteiger partial charge in [0.1, 0.15) is 16.6 Å². The van der Waals surface area contributed by atoms with E-state index in [1.807, 2.05) is 19.2 Å². The topological polar surface area (TPSA) is 62.3 Å². The van der Waals surface area contributed by atoms with E-state index in [9.17, 15) is 9.59 Å². The van der Waals surface area contributed by atoms with E-state index >= 15 is 0 Å². The van der Waals surface area contributed by atoms with Crippen molar-refractivity contribution in [2.24, 2.45) is 0 Å². The summed E-state index contributed by atoms with van der Waals surface area (Å²) < 4.78 is 0. The zero-order valence-electron chi connectivity index (χ0n) is 11.9. The second-order valence-electron chi connectivity index (χ2n) is 5.51. The molecule has 1 saturated heterocycles. The Bertz CT molecular complexity index is 524. The molecule has 5 nitrogen and oxygen atoms in total.